The van der Waals surface area contributed by atoms with Crippen LogP contribution in [0.1, 0.15) is 52.0 Å². The van der Waals surface area contributed by atoms with Gasteiger partial charge >= 0.3 is 0 Å². The van der Waals surface area contributed by atoms with Gasteiger partial charge in [-0.2, -0.15) is 0 Å². The zero-order chi connectivity index (χ0) is 15.6. The van der Waals surface area contributed by atoms with Gasteiger partial charge in [-0.1, -0.05) is 12.1 Å². The van der Waals surface area contributed by atoms with Crippen molar-refractivity contribution in [1.82, 2.24) is 4.90 Å². The molecular formula is C17H28N2O2. The number of aliphatic hydroxyl groups is 1. The Morgan fingerprint density at radius 1 is 1.29 bits per heavy atom. The molecule has 1 aromatic carbocycles. The quantitative estimate of drug-likeness (QED) is 0.664. The van der Waals surface area contributed by atoms with E-state index in [0.29, 0.717) is 12.0 Å². The zero-order valence-electron chi connectivity index (χ0n) is 13.5. The van der Waals surface area contributed by atoms with Gasteiger partial charge in [-0.15, -0.1) is 0 Å². The molecule has 2 unspecified atom stereocenters. The summed E-state index contributed by atoms with van der Waals surface area (Å²) < 4.78 is 5.67. The van der Waals surface area contributed by atoms with Crippen LogP contribution >= 0.6 is 0 Å². The summed E-state index contributed by atoms with van der Waals surface area (Å²) >= 11 is 0. The fourth-order valence-corrected chi connectivity index (χ4v) is 2.97. The van der Waals surface area contributed by atoms with E-state index >= 15 is 0 Å². The van der Waals surface area contributed by atoms with E-state index < -0.39 is 6.41 Å². The number of piperidine rings is 1. The molecule has 4 heteroatoms. The molecule has 0 saturated carbocycles. The van der Waals surface area contributed by atoms with Crippen LogP contribution in [0.5, 0.6) is 0 Å². The normalized spacial score (nSPS) is 25.8. The molecule has 118 valence electrons. The van der Waals surface area contributed by atoms with Gasteiger partial charge in [0.15, 0.2) is 0 Å². The van der Waals surface area contributed by atoms with Crippen LogP contribution in [-0.2, 0) is 4.74 Å². The predicted octanol–water partition coefficient (Wildman–Crippen LogP) is 2.93. The molecule has 1 aliphatic rings. The van der Waals surface area contributed by atoms with Crippen molar-refractivity contribution in [3.8, 4) is 0 Å². The minimum atomic E-state index is -0.827. The number of aliphatic hydroxyl groups excluding tert-OH is 1. The van der Waals surface area contributed by atoms with Gasteiger partial charge in [0.2, 0.25) is 6.41 Å². The lowest BCUT2D eigenvalue weighted by atomic mass is 9.86. The van der Waals surface area contributed by atoms with Crippen LogP contribution in [0.2, 0.25) is 0 Å². The molecule has 2 rings (SSSR count). The highest BCUT2D eigenvalue weighted by molar-refractivity contribution is 5.40. The molecule has 1 aliphatic heterocycles. The summed E-state index contributed by atoms with van der Waals surface area (Å²) in [5, 5.41) is 10.3. The van der Waals surface area contributed by atoms with E-state index in [1.807, 2.05) is 37.8 Å². The molecule has 0 radical (unpaired) electrons. The van der Waals surface area contributed by atoms with Crippen molar-refractivity contribution in [2.45, 2.75) is 64.5 Å². The first-order valence-electron chi connectivity index (χ1n) is 7.73. The van der Waals surface area contributed by atoms with Crippen LogP contribution in [0, 0.1) is 0 Å². The van der Waals surface area contributed by atoms with Crippen molar-refractivity contribution < 1.29 is 9.84 Å². The van der Waals surface area contributed by atoms with Gasteiger partial charge in [-0.3, -0.25) is 4.90 Å². The molecule has 21 heavy (non-hydrogen) atoms. The molecule has 0 aromatic heterocycles. The van der Waals surface area contributed by atoms with Gasteiger partial charge in [-0.25, -0.2) is 0 Å². The predicted molar refractivity (Wildman–Crippen MR) is 85.8 cm³/mol. The van der Waals surface area contributed by atoms with Crippen molar-refractivity contribution in [3.63, 3.8) is 0 Å². The van der Waals surface area contributed by atoms with Gasteiger partial charge in [0.05, 0.1) is 5.60 Å². The summed E-state index contributed by atoms with van der Waals surface area (Å²) in [6.45, 7) is 8.87. The molecule has 1 fully saturated rings. The van der Waals surface area contributed by atoms with E-state index in [2.05, 4.69) is 19.1 Å². The topological polar surface area (TPSA) is 58.7 Å². The molecule has 1 heterocycles. The zero-order valence-corrected chi connectivity index (χ0v) is 13.5. The van der Waals surface area contributed by atoms with Crippen LogP contribution in [0.4, 0.5) is 5.69 Å². The summed E-state index contributed by atoms with van der Waals surface area (Å²) in [6, 6.07) is 8.45. The van der Waals surface area contributed by atoms with Gasteiger partial charge in [-0.05, 0) is 64.2 Å². The van der Waals surface area contributed by atoms with Crippen molar-refractivity contribution in [3.05, 3.63) is 29.8 Å². The summed E-state index contributed by atoms with van der Waals surface area (Å²) in [5.41, 5.74) is 7.54. The number of hydrogen-bond donors (Lipinski definition) is 2. The first-order chi connectivity index (χ1) is 9.76. The molecular weight excluding hydrogens is 264 g/mol. The molecule has 0 amide bonds. The Morgan fingerprint density at radius 2 is 1.90 bits per heavy atom. The molecule has 0 aliphatic carbocycles. The SMILES string of the molecule is C[C@H]1CC(c2ccc(N)cc2)CCN1C(O)OC(C)(C)C. The van der Waals surface area contributed by atoms with E-state index in [1.165, 1.54) is 5.56 Å². The second-order valence-corrected chi connectivity index (χ2v) is 7.03. The fraction of sp³-hybridized carbons (Fsp3) is 0.647. The largest absolute Gasteiger partial charge is 0.399 e. The first-order valence-corrected chi connectivity index (χ1v) is 7.73. The van der Waals surface area contributed by atoms with Crippen LogP contribution in [0.3, 0.4) is 0 Å². The van der Waals surface area contributed by atoms with Crippen molar-refractivity contribution in [2.24, 2.45) is 0 Å². The number of rotatable bonds is 3. The third kappa shape index (κ3) is 4.43. The van der Waals surface area contributed by atoms with Crippen molar-refractivity contribution >= 4 is 5.69 Å². The minimum absolute atomic E-state index is 0.290. The third-order valence-electron chi connectivity index (χ3n) is 4.08. The molecule has 4 nitrogen and oxygen atoms in total. The van der Waals surface area contributed by atoms with Crippen LogP contribution < -0.4 is 5.73 Å². The van der Waals surface area contributed by atoms with Gasteiger partial charge in [0, 0.05) is 18.3 Å². The van der Waals surface area contributed by atoms with Crippen molar-refractivity contribution in [1.29, 1.82) is 0 Å². The highest BCUT2D eigenvalue weighted by Gasteiger charge is 2.32. The number of hydrogen-bond acceptors (Lipinski definition) is 4. The lowest BCUT2D eigenvalue weighted by molar-refractivity contribution is -0.251. The molecule has 3 atom stereocenters. The smallest absolute Gasteiger partial charge is 0.216 e. The number of ether oxygens (including phenoxy) is 1. The number of nitrogens with zero attached hydrogens (tertiary/aromatic N) is 1. The van der Waals surface area contributed by atoms with Crippen molar-refractivity contribution in [2.75, 3.05) is 12.3 Å². The highest BCUT2D eigenvalue weighted by Crippen LogP contribution is 2.33. The number of nitrogens with two attached hydrogens (primary N) is 1. The van der Waals surface area contributed by atoms with E-state index in [0.717, 1.165) is 25.1 Å². The maximum Gasteiger partial charge on any atom is 0.216 e. The summed E-state index contributed by atoms with van der Waals surface area (Å²) in [4.78, 5) is 2.04. The monoisotopic (exact) mass is 292 g/mol. The molecule has 3 N–H and O–H groups in total. The Hall–Kier alpha value is -1.10. The number of nitrogen functional groups attached to an aromatic ring is 1. The minimum Gasteiger partial charge on any atom is -0.399 e. The van der Waals surface area contributed by atoms with E-state index in [1.54, 1.807) is 0 Å². The average Bonchev–Trinajstić information content (AvgIpc) is 2.37. The second-order valence-electron chi connectivity index (χ2n) is 7.03. The maximum absolute atomic E-state index is 10.3. The van der Waals surface area contributed by atoms with Gasteiger partial charge < -0.3 is 15.6 Å². The Kier molecular flexibility index (Phi) is 4.91. The van der Waals surface area contributed by atoms with E-state index in [4.69, 9.17) is 10.5 Å². The lowest BCUT2D eigenvalue weighted by Gasteiger charge is -2.41. The van der Waals surface area contributed by atoms with Crippen LogP contribution in [-0.4, -0.2) is 34.6 Å². The van der Waals surface area contributed by atoms with Gasteiger partial charge in [0.25, 0.3) is 0 Å². The maximum atomic E-state index is 10.3. The van der Waals surface area contributed by atoms with Crippen LogP contribution in [0.25, 0.3) is 0 Å². The molecule has 1 aromatic rings. The van der Waals surface area contributed by atoms with Crippen LogP contribution in [0.15, 0.2) is 24.3 Å². The number of likely N-dealkylation sites (tertiary alicyclic amines) is 1. The highest BCUT2D eigenvalue weighted by atomic mass is 16.6. The fourth-order valence-electron chi connectivity index (χ4n) is 2.97. The average molecular weight is 292 g/mol. The van der Waals surface area contributed by atoms with E-state index in [-0.39, 0.29) is 5.60 Å². The first kappa shape index (κ1) is 16.3. The Labute approximate surface area is 127 Å². The standard InChI is InChI=1S/C17H28N2O2/c1-12-11-14(13-5-7-15(18)8-6-13)9-10-19(12)16(20)21-17(2,3)4/h5-8,12,14,16,20H,9-11,18H2,1-4H3/t12-,14?,16?/m0/s1. The number of anilines is 1. The Morgan fingerprint density at radius 3 is 2.43 bits per heavy atom. The summed E-state index contributed by atoms with van der Waals surface area (Å²) in [6.07, 6.45) is 1.22. The summed E-state index contributed by atoms with van der Waals surface area (Å²) in [7, 11) is 0. The van der Waals surface area contributed by atoms with Gasteiger partial charge in [0.1, 0.15) is 0 Å². The Balaban J connectivity index is 1.97. The Bertz CT molecular complexity index is 453. The second kappa shape index (κ2) is 6.34. The molecule has 0 spiro atoms. The summed E-state index contributed by atoms with van der Waals surface area (Å²) in [5.74, 6) is 0.527. The number of benzene rings is 1. The van der Waals surface area contributed by atoms with E-state index in [9.17, 15) is 5.11 Å². The lowest BCUT2D eigenvalue weighted by Crippen LogP contribution is -2.49. The molecule has 0 bridgehead atoms. The molecule has 1 saturated heterocycles. The third-order valence-corrected chi connectivity index (χ3v) is 4.08.